The average Bonchev–Trinajstić information content (AvgIpc) is 3.46. The van der Waals surface area contributed by atoms with Crippen LogP contribution in [0.25, 0.3) is 33.3 Å². The Hall–Kier alpha value is -4.07. The molecule has 1 aliphatic carbocycles. The molecule has 234 valence electrons. The number of benzene rings is 3. The monoisotopic (exact) mass is 601 g/mol. The highest BCUT2D eigenvalue weighted by Gasteiger charge is 2.28. The van der Waals surface area contributed by atoms with E-state index in [2.05, 4.69) is 0 Å². The summed E-state index contributed by atoms with van der Waals surface area (Å²) in [7, 11) is 0. The largest absolute Gasteiger partial charge is 0.494 e. The van der Waals surface area contributed by atoms with Crippen molar-refractivity contribution in [3.63, 3.8) is 0 Å². The number of rotatable bonds is 15. The molecule has 1 aromatic heterocycles. The minimum atomic E-state index is -1.13. The van der Waals surface area contributed by atoms with Crippen LogP contribution >= 0.6 is 0 Å². The van der Waals surface area contributed by atoms with Gasteiger partial charge in [-0.25, -0.2) is 4.98 Å². The van der Waals surface area contributed by atoms with Gasteiger partial charge in [0.2, 0.25) is 5.89 Å². The van der Waals surface area contributed by atoms with Gasteiger partial charge in [-0.05, 0) is 92.1 Å². The Balaban J connectivity index is 1.15. The number of aliphatic carboxylic acids is 1. The first-order valence-electron chi connectivity index (χ1n) is 16.0. The van der Waals surface area contributed by atoms with E-state index in [1.807, 2.05) is 61.5 Å². The first-order chi connectivity index (χ1) is 21.4. The Bertz CT molecular complexity index is 1550. The minimum Gasteiger partial charge on any atom is -0.494 e. The molecule has 0 bridgehead atoms. The first kappa shape index (κ1) is 31.4. The van der Waals surface area contributed by atoms with E-state index in [1.165, 1.54) is 32.1 Å². The summed E-state index contributed by atoms with van der Waals surface area (Å²) in [4.78, 5) is 28.5. The maximum Gasteiger partial charge on any atom is 0.320 e. The molecule has 4 aromatic rings. The van der Waals surface area contributed by atoms with Crippen molar-refractivity contribution >= 4 is 33.8 Å². The number of carboxylic acids is 1. The molecule has 8 nitrogen and oxygen atoms in total. The van der Waals surface area contributed by atoms with Gasteiger partial charge in [0.25, 0.3) is 0 Å². The van der Waals surface area contributed by atoms with E-state index in [4.69, 9.17) is 23.6 Å². The first-order valence-corrected chi connectivity index (χ1v) is 16.0. The third-order valence-electron chi connectivity index (χ3n) is 8.53. The molecule has 0 spiro atoms. The number of carbonyl (C=O) groups excluding carboxylic acids is 1. The Morgan fingerprint density at radius 1 is 0.977 bits per heavy atom. The minimum absolute atomic E-state index is 0.258. The van der Waals surface area contributed by atoms with E-state index in [-0.39, 0.29) is 12.5 Å². The van der Waals surface area contributed by atoms with Crippen molar-refractivity contribution in [3.8, 4) is 23.0 Å². The van der Waals surface area contributed by atoms with Crippen LogP contribution in [0.15, 0.2) is 59.0 Å². The van der Waals surface area contributed by atoms with E-state index in [9.17, 15) is 14.7 Å². The Kier molecular flexibility index (Phi) is 10.8. The van der Waals surface area contributed by atoms with Crippen LogP contribution < -0.4 is 9.47 Å². The van der Waals surface area contributed by atoms with E-state index in [0.717, 1.165) is 52.8 Å². The van der Waals surface area contributed by atoms with Gasteiger partial charge < -0.3 is 23.7 Å². The van der Waals surface area contributed by atoms with Gasteiger partial charge in [-0.2, -0.15) is 0 Å². The Morgan fingerprint density at radius 2 is 1.77 bits per heavy atom. The lowest BCUT2D eigenvalue weighted by Gasteiger charge is -2.21. The van der Waals surface area contributed by atoms with Gasteiger partial charge in [-0.3, -0.25) is 9.59 Å². The van der Waals surface area contributed by atoms with Gasteiger partial charge in [-0.1, -0.05) is 51.2 Å². The molecule has 1 N–H and O–H groups in total. The van der Waals surface area contributed by atoms with Crippen molar-refractivity contribution in [3.05, 3.63) is 54.6 Å². The zero-order valence-corrected chi connectivity index (χ0v) is 25.8. The van der Waals surface area contributed by atoms with Crippen molar-refractivity contribution in [2.45, 2.75) is 84.2 Å². The summed E-state index contributed by atoms with van der Waals surface area (Å²) < 4.78 is 23.5. The number of esters is 1. The maximum atomic E-state index is 12.2. The second kappa shape index (κ2) is 15.1. The highest BCUT2D eigenvalue weighted by atomic mass is 16.5. The van der Waals surface area contributed by atoms with Crippen LogP contribution in [0.3, 0.4) is 0 Å². The molecule has 2 atom stereocenters. The molecule has 1 aliphatic rings. The maximum absolute atomic E-state index is 12.2. The summed E-state index contributed by atoms with van der Waals surface area (Å²) >= 11 is 0. The second-order valence-electron chi connectivity index (χ2n) is 11.9. The number of fused-ring (bicyclic) bond motifs is 2. The van der Waals surface area contributed by atoms with E-state index >= 15 is 0 Å². The van der Waals surface area contributed by atoms with Gasteiger partial charge in [0.1, 0.15) is 17.0 Å². The fourth-order valence-electron chi connectivity index (χ4n) is 5.74. The van der Waals surface area contributed by atoms with Crippen molar-refractivity contribution in [2.24, 2.45) is 11.8 Å². The van der Waals surface area contributed by atoms with Crippen LogP contribution in [0.1, 0.15) is 78.1 Å². The summed E-state index contributed by atoms with van der Waals surface area (Å²) in [5, 5.41) is 11.5. The number of aromatic nitrogens is 1. The second-order valence-corrected chi connectivity index (χ2v) is 11.9. The number of nitrogens with zero attached hydrogens (tertiary/aromatic N) is 1. The topological polar surface area (TPSA) is 108 Å². The fraction of sp³-hybridized carbons (Fsp3) is 0.472. The van der Waals surface area contributed by atoms with Crippen LogP contribution in [-0.4, -0.2) is 41.3 Å². The zero-order chi connectivity index (χ0) is 30.9. The molecule has 5 rings (SSSR count). The lowest BCUT2D eigenvalue weighted by atomic mass is 9.90. The van der Waals surface area contributed by atoms with Crippen LogP contribution in [-0.2, 0) is 14.3 Å². The van der Waals surface area contributed by atoms with Gasteiger partial charge in [-0.15, -0.1) is 0 Å². The number of carbonyl (C=O) groups is 2. The molecule has 1 fully saturated rings. The number of hydrogen-bond donors (Lipinski definition) is 1. The molecule has 8 heteroatoms. The molecular formula is C36H43NO7. The number of unbranched alkanes of at least 4 members (excludes halogenated alkanes) is 2. The summed E-state index contributed by atoms with van der Waals surface area (Å²) in [6.45, 7) is 4.90. The van der Waals surface area contributed by atoms with Gasteiger partial charge in [0.05, 0.1) is 19.3 Å². The molecule has 0 saturated heterocycles. The van der Waals surface area contributed by atoms with Crippen molar-refractivity contribution < 1.29 is 33.3 Å². The Morgan fingerprint density at radius 3 is 2.57 bits per heavy atom. The van der Waals surface area contributed by atoms with Crippen molar-refractivity contribution in [1.29, 1.82) is 0 Å². The molecule has 1 saturated carbocycles. The van der Waals surface area contributed by atoms with Gasteiger partial charge in [0.15, 0.2) is 11.5 Å². The lowest BCUT2D eigenvalue weighted by molar-refractivity contribution is -0.162. The number of ether oxygens (including phenoxy) is 3. The standard InChI is InChI=1S/C36H43NO7/c1-3-24(2)43-36(40)31(35(38)39)14-8-5-9-20-41-27-16-18-29-26(21-27)13-10-15-30(29)34-37-32-19-17-28(22-33(32)44-34)42-23-25-11-6-4-7-12-25/h10,13,15-19,21-22,24-25,31H,3-9,11-12,14,20,23H2,1-2H3,(H,38,39). The van der Waals surface area contributed by atoms with Crippen LogP contribution in [0, 0.1) is 11.8 Å². The predicted molar refractivity (Wildman–Crippen MR) is 170 cm³/mol. The predicted octanol–water partition coefficient (Wildman–Crippen LogP) is 8.59. The molecular weight excluding hydrogens is 558 g/mol. The van der Waals surface area contributed by atoms with Gasteiger partial charge in [0, 0.05) is 11.6 Å². The highest BCUT2D eigenvalue weighted by molar-refractivity contribution is 5.96. The molecule has 0 amide bonds. The third-order valence-corrected chi connectivity index (χ3v) is 8.53. The molecule has 44 heavy (non-hydrogen) atoms. The molecule has 1 heterocycles. The average molecular weight is 602 g/mol. The summed E-state index contributed by atoms with van der Waals surface area (Å²) in [5.74, 6) is -0.133. The van der Waals surface area contributed by atoms with E-state index < -0.39 is 17.9 Å². The summed E-state index contributed by atoms with van der Waals surface area (Å²) in [5.41, 5.74) is 2.42. The van der Waals surface area contributed by atoms with Crippen LogP contribution in [0.2, 0.25) is 0 Å². The number of carboxylic acid groups (broad SMARTS) is 1. The quantitative estimate of drug-likeness (QED) is 0.0820. The van der Waals surface area contributed by atoms with Crippen LogP contribution in [0.4, 0.5) is 0 Å². The number of oxazole rings is 1. The normalized spacial score (nSPS) is 15.2. The molecule has 3 aromatic carbocycles. The van der Waals surface area contributed by atoms with E-state index in [0.29, 0.717) is 36.8 Å². The SMILES string of the molecule is CCC(C)OC(=O)C(CCCCCOc1ccc2c(-c3nc4ccc(OCC5CCCCC5)cc4o3)cccc2c1)C(=O)O. The molecule has 0 aliphatic heterocycles. The summed E-state index contributed by atoms with van der Waals surface area (Å²) in [6.07, 6.45) is 9.16. The lowest BCUT2D eigenvalue weighted by Crippen LogP contribution is -2.28. The van der Waals surface area contributed by atoms with Gasteiger partial charge >= 0.3 is 11.9 Å². The van der Waals surface area contributed by atoms with E-state index in [1.54, 1.807) is 6.92 Å². The van der Waals surface area contributed by atoms with Crippen molar-refractivity contribution in [2.75, 3.05) is 13.2 Å². The smallest absolute Gasteiger partial charge is 0.320 e. The third kappa shape index (κ3) is 8.10. The molecule has 2 unspecified atom stereocenters. The summed E-state index contributed by atoms with van der Waals surface area (Å²) in [6, 6.07) is 17.9. The molecule has 0 radical (unpaired) electrons. The van der Waals surface area contributed by atoms with Crippen molar-refractivity contribution in [1.82, 2.24) is 4.98 Å². The fourth-order valence-corrected chi connectivity index (χ4v) is 5.74. The highest BCUT2D eigenvalue weighted by Crippen LogP contribution is 2.34. The Labute approximate surface area is 258 Å². The number of hydrogen-bond acceptors (Lipinski definition) is 7. The zero-order valence-electron chi connectivity index (χ0n) is 25.8. The van der Waals surface area contributed by atoms with Crippen LogP contribution in [0.5, 0.6) is 11.5 Å².